The smallest absolute Gasteiger partial charge is 0.196 e. The Morgan fingerprint density at radius 2 is 1.79 bits per heavy atom. The van der Waals surface area contributed by atoms with Gasteiger partial charge < -0.3 is 10.4 Å². The topological polar surface area (TPSA) is 32.3 Å². The molecule has 0 aliphatic carbocycles. The summed E-state index contributed by atoms with van der Waals surface area (Å²) in [5, 5.41) is 12.2. The molecule has 2 N–H and O–H groups in total. The van der Waals surface area contributed by atoms with Gasteiger partial charge in [-0.1, -0.05) is 17.7 Å². The SMILES string of the molecule is Cc1ccc(O)c(CNc2ccc(F)c(F)c2F)c1. The molecule has 0 aliphatic rings. The highest BCUT2D eigenvalue weighted by Crippen LogP contribution is 2.23. The van der Waals surface area contributed by atoms with Crippen molar-refractivity contribution in [2.75, 3.05) is 5.32 Å². The highest BCUT2D eigenvalue weighted by molar-refractivity contribution is 5.47. The lowest BCUT2D eigenvalue weighted by atomic mass is 10.1. The van der Waals surface area contributed by atoms with Gasteiger partial charge in [-0.05, 0) is 25.1 Å². The summed E-state index contributed by atoms with van der Waals surface area (Å²) in [5.41, 5.74) is 1.32. The van der Waals surface area contributed by atoms with Gasteiger partial charge in [0.05, 0.1) is 5.69 Å². The summed E-state index contributed by atoms with van der Waals surface area (Å²) in [6.45, 7) is 1.95. The van der Waals surface area contributed by atoms with Crippen molar-refractivity contribution in [3.8, 4) is 5.75 Å². The number of hydrogen-bond acceptors (Lipinski definition) is 2. The van der Waals surface area contributed by atoms with Crippen LogP contribution in [-0.4, -0.2) is 5.11 Å². The Morgan fingerprint density at radius 1 is 1.05 bits per heavy atom. The Balaban J connectivity index is 2.19. The number of benzene rings is 2. The first-order valence-corrected chi connectivity index (χ1v) is 5.65. The summed E-state index contributed by atoms with van der Waals surface area (Å²) < 4.78 is 39.2. The van der Waals surface area contributed by atoms with Gasteiger partial charge in [0.1, 0.15) is 5.75 Å². The monoisotopic (exact) mass is 267 g/mol. The summed E-state index contributed by atoms with van der Waals surface area (Å²) in [6.07, 6.45) is 0. The molecule has 19 heavy (non-hydrogen) atoms. The van der Waals surface area contributed by atoms with Crippen molar-refractivity contribution >= 4 is 5.69 Å². The molecular formula is C14H12F3NO. The maximum Gasteiger partial charge on any atom is 0.196 e. The van der Waals surface area contributed by atoms with E-state index >= 15 is 0 Å². The van der Waals surface area contributed by atoms with Gasteiger partial charge in [0, 0.05) is 12.1 Å². The first-order valence-electron chi connectivity index (χ1n) is 5.65. The number of hydrogen-bond donors (Lipinski definition) is 2. The van der Waals surface area contributed by atoms with Gasteiger partial charge in [0.25, 0.3) is 0 Å². The van der Waals surface area contributed by atoms with Crippen molar-refractivity contribution in [3.05, 3.63) is 58.9 Å². The minimum Gasteiger partial charge on any atom is -0.508 e. The van der Waals surface area contributed by atoms with Crippen LogP contribution in [0.5, 0.6) is 5.75 Å². The zero-order chi connectivity index (χ0) is 14.0. The lowest BCUT2D eigenvalue weighted by Crippen LogP contribution is -2.04. The van der Waals surface area contributed by atoms with E-state index in [1.54, 1.807) is 12.1 Å². The van der Waals surface area contributed by atoms with Gasteiger partial charge in [0.15, 0.2) is 17.5 Å². The van der Waals surface area contributed by atoms with E-state index in [0.717, 1.165) is 17.7 Å². The molecule has 0 radical (unpaired) electrons. The molecule has 0 amide bonds. The highest BCUT2D eigenvalue weighted by atomic mass is 19.2. The average molecular weight is 267 g/mol. The van der Waals surface area contributed by atoms with Crippen LogP contribution in [0, 0.1) is 24.4 Å². The molecule has 2 aromatic carbocycles. The van der Waals surface area contributed by atoms with Crippen LogP contribution in [0.15, 0.2) is 30.3 Å². The van der Waals surface area contributed by atoms with Gasteiger partial charge in [0.2, 0.25) is 0 Å². The quantitative estimate of drug-likeness (QED) is 0.830. The number of nitrogens with one attached hydrogen (secondary N) is 1. The second-order valence-corrected chi connectivity index (χ2v) is 4.21. The fourth-order valence-electron chi connectivity index (χ4n) is 1.71. The van der Waals surface area contributed by atoms with Crippen LogP contribution in [0.1, 0.15) is 11.1 Å². The molecule has 100 valence electrons. The second kappa shape index (κ2) is 5.22. The summed E-state index contributed by atoms with van der Waals surface area (Å²) >= 11 is 0. The lowest BCUT2D eigenvalue weighted by Gasteiger charge is -2.10. The molecule has 0 aromatic heterocycles. The summed E-state index contributed by atoms with van der Waals surface area (Å²) in [4.78, 5) is 0. The minimum absolute atomic E-state index is 0.0566. The predicted molar refractivity (Wildman–Crippen MR) is 66.5 cm³/mol. The molecular weight excluding hydrogens is 255 g/mol. The molecule has 5 heteroatoms. The molecule has 0 bridgehead atoms. The fourth-order valence-corrected chi connectivity index (χ4v) is 1.71. The Labute approximate surface area is 108 Å². The number of rotatable bonds is 3. The van der Waals surface area contributed by atoms with Gasteiger partial charge in [-0.15, -0.1) is 0 Å². The third kappa shape index (κ3) is 2.81. The van der Waals surface area contributed by atoms with E-state index in [0.29, 0.717) is 5.56 Å². The Hall–Kier alpha value is -2.17. The van der Waals surface area contributed by atoms with Gasteiger partial charge in [-0.2, -0.15) is 0 Å². The van der Waals surface area contributed by atoms with Gasteiger partial charge >= 0.3 is 0 Å². The minimum atomic E-state index is -1.52. The van der Waals surface area contributed by atoms with E-state index in [2.05, 4.69) is 5.32 Å². The van der Waals surface area contributed by atoms with Gasteiger partial charge in [-0.25, -0.2) is 13.2 Å². The van der Waals surface area contributed by atoms with E-state index in [4.69, 9.17) is 0 Å². The summed E-state index contributed by atoms with van der Waals surface area (Å²) in [6, 6.07) is 6.93. The Morgan fingerprint density at radius 3 is 2.53 bits per heavy atom. The number of aryl methyl sites for hydroxylation is 1. The van der Waals surface area contributed by atoms with Crippen molar-refractivity contribution in [2.45, 2.75) is 13.5 Å². The van der Waals surface area contributed by atoms with Crippen molar-refractivity contribution in [1.82, 2.24) is 0 Å². The van der Waals surface area contributed by atoms with Crippen LogP contribution >= 0.6 is 0 Å². The Kier molecular flexibility index (Phi) is 3.64. The molecule has 2 rings (SSSR count). The zero-order valence-corrected chi connectivity index (χ0v) is 10.2. The molecule has 0 unspecified atom stereocenters. The Bertz CT molecular complexity index is 614. The van der Waals surface area contributed by atoms with E-state index in [-0.39, 0.29) is 18.0 Å². The molecule has 2 aromatic rings. The molecule has 0 fully saturated rings. The third-order valence-electron chi connectivity index (χ3n) is 2.74. The molecule has 0 saturated heterocycles. The molecule has 2 nitrogen and oxygen atoms in total. The van der Waals surface area contributed by atoms with Crippen LogP contribution in [0.3, 0.4) is 0 Å². The largest absolute Gasteiger partial charge is 0.508 e. The number of phenols is 1. The van der Waals surface area contributed by atoms with Crippen molar-refractivity contribution in [2.24, 2.45) is 0 Å². The van der Waals surface area contributed by atoms with Crippen LogP contribution in [0.2, 0.25) is 0 Å². The van der Waals surface area contributed by atoms with Crippen LogP contribution < -0.4 is 5.32 Å². The van der Waals surface area contributed by atoms with Crippen LogP contribution in [-0.2, 0) is 6.54 Å². The normalized spacial score (nSPS) is 10.5. The summed E-state index contributed by atoms with van der Waals surface area (Å²) in [7, 11) is 0. The lowest BCUT2D eigenvalue weighted by molar-refractivity contribution is 0.448. The first-order chi connectivity index (χ1) is 8.99. The maximum absolute atomic E-state index is 13.4. The van der Waals surface area contributed by atoms with E-state index in [9.17, 15) is 18.3 Å². The molecule has 0 spiro atoms. The van der Waals surface area contributed by atoms with E-state index < -0.39 is 17.5 Å². The van der Waals surface area contributed by atoms with Crippen LogP contribution in [0.25, 0.3) is 0 Å². The number of aromatic hydroxyl groups is 1. The molecule has 0 atom stereocenters. The number of anilines is 1. The fraction of sp³-hybridized carbons (Fsp3) is 0.143. The molecule has 0 saturated carbocycles. The summed E-state index contributed by atoms with van der Waals surface area (Å²) in [5.74, 6) is -3.96. The van der Waals surface area contributed by atoms with Crippen molar-refractivity contribution < 1.29 is 18.3 Å². The molecule has 0 heterocycles. The number of phenolic OH excluding ortho intramolecular Hbond substituents is 1. The van der Waals surface area contributed by atoms with Crippen molar-refractivity contribution in [3.63, 3.8) is 0 Å². The number of halogens is 3. The second-order valence-electron chi connectivity index (χ2n) is 4.21. The zero-order valence-electron chi connectivity index (χ0n) is 10.2. The first kappa shape index (κ1) is 13.3. The predicted octanol–water partition coefficient (Wildman–Crippen LogP) is 3.73. The maximum atomic E-state index is 13.4. The van der Waals surface area contributed by atoms with E-state index in [1.165, 1.54) is 6.07 Å². The third-order valence-corrected chi connectivity index (χ3v) is 2.74. The highest BCUT2D eigenvalue weighted by Gasteiger charge is 2.13. The van der Waals surface area contributed by atoms with E-state index in [1.807, 2.05) is 6.92 Å². The average Bonchev–Trinajstić information content (AvgIpc) is 2.39. The molecule has 0 aliphatic heterocycles. The van der Waals surface area contributed by atoms with Crippen molar-refractivity contribution in [1.29, 1.82) is 0 Å². The standard InChI is InChI=1S/C14H12F3NO/c1-8-2-5-12(19)9(6-8)7-18-11-4-3-10(15)13(16)14(11)17/h2-6,18-19H,7H2,1H3. The van der Waals surface area contributed by atoms with Crippen LogP contribution in [0.4, 0.5) is 18.9 Å². The van der Waals surface area contributed by atoms with Gasteiger partial charge in [-0.3, -0.25) is 0 Å².